The molecule has 4 aromatic heterocycles. The Balaban J connectivity index is 1.12. The molecule has 1 unspecified atom stereocenters. The summed E-state index contributed by atoms with van der Waals surface area (Å²) in [5, 5.41) is 29.1. The summed E-state index contributed by atoms with van der Waals surface area (Å²) in [6.07, 6.45) is 0.464. The van der Waals surface area contributed by atoms with Crippen LogP contribution in [0, 0.1) is 18.3 Å². The number of nitrogens with zero attached hydrogens (tertiary/aromatic N) is 6. The number of rotatable bonds is 10. The predicted octanol–water partition coefficient (Wildman–Crippen LogP) is 6.43. The van der Waals surface area contributed by atoms with Crippen molar-refractivity contribution in [2.24, 2.45) is 0 Å². The maximum Gasteiger partial charge on any atom is 0.393 e. The van der Waals surface area contributed by atoms with Crippen molar-refractivity contribution in [2.75, 3.05) is 23.7 Å². The van der Waals surface area contributed by atoms with Crippen molar-refractivity contribution < 1.29 is 23.1 Å². The molecule has 1 saturated heterocycles. The maximum atomic E-state index is 13.0. The zero-order chi connectivity index (χ0) is 34.9. The molecular weight excluding hydrogens is 654 g/mol. The highest BCUT2D eigenvalue weighted by atomic mass is 32.1. The van der Waals surface area contributed by atoms with Crippen LogP contribution in [0.25, 0.3) is 21.1 Å². The van der Waals surface area contributed by atoms with Crippen LogP contribution in [0.5, 0.6) is 0 Å². The number of aliphatic hydroxyl groups is 1. The molecule has 10 nitrogen and oxygen atoms in total. The second-order valence-corrected chi connectivity index (χ2v) is 13.7. The molecule has 1 fully saturated rings. The molecule has 14 heteroatoms. The van der Waals surface area contributed by atoms with Gasteiger partial charge < -0.3 is 20.3 Å². The molecule has 1 atom stereocenters. The van der Waals surface area contributed by atoms with E-state index < -0.39 is 18.2 Å². The molecule has 1 aromatic carbocycles. The molecule has 6 rings (SSSR count). The number of halogens is 3. The number of pyridine rings is 1. The van der Waals surface area contributed by atoms with Crippen LogP contribution < -0.4 is 10.6 Å². The first kappa shape index (κ1) is 34.0. The molecule has 1 aliphatic heterocycles. The van der Waals surface area contributed by atoms with Gasteiger partial charge in [0.2, 0.25) is 5.91 Å². The van der Waals surface area contributed by atoms with Crippen LogP contribution in [0.4, 0.5) is 24.8 Å². The number of hydrogen-bond donors (Lipinski definition) is 3. The van der Waals surface area contributed by atoms with Crippen LogP contribution in [0.2, 0.25) is 0 Å². The van der Waals surface area contributed by atoms with Crippen molar-refractivity contribution in [3.63, 3.8) is 0 Å². The first-order valence-corrected chi connectivity index (χ1v) is 16.6. The SMILES string of the molecule is C=CC(=O)Nc1ccc(C(C)(O)Cn2c(C#N)cc3c(C)c(CN4CCC(Nc5ncnc6sc(CC(F)(F)F)cc56)CC4)ccc32)cn1. The van der Waals surface area contributed by atoms with Gasteiger partial charge in [0.1, 0.15) is 40.2 Å². The number of nitrogens with one attached hydrogen (secondary N) is 2. The molecule has 0 saturated carbocycles. The van der Waals surface area contributed by atoms with Gasteiger partial charge in [-0.3, -0.25) is 9.69 Å². The number of benzene rings is 1. The third-order valence-electron chi connectivity index (χ3n) is 8.95. The van der Waals surface area contributed by atoms with Gasteiger partial charge in [0.15, 0.2) is 0 Å². The molecule has 1 amide bonds. The van der Waals surface area contributed by atoms with E-state index in [4.69, 9.17) is 0 Å². The van der Waals surface area contributed by atoms with Crippen LogP contribution in [-0.4, -0.2) is 60.7 Å². The third-order valence-corrected chi connectivity index (χ3v) is 9.99. The number of anilines is 2. The minimum absolute atomic E-state index is 0.117. The minimum atomic E-state index is -4.28. The second kappa shape index (κ2) is 13.6. The van der Waals surface area contributed by atoms with Crippen LogP contribution in [-0.2, 0) is 29.9 Å². The number of fused-ring (bicyclic) bond motifs is 2. The zero-order valence-corrected chi connectivity index (χ0v) is 27.8. The molecule has 49 heavy (non-hydrogen) atoms. The number of likely N-dealkylation sites (tertiary alicyclic amines) is 1. The van der Waals surface area contributed by atoms with Gasteiger partial charge in [0, 0.05) is 53.2 Å². The van der Waals surface area contributed by atoms with Crippen molar-refractivity contribution >= 4 is 50.0 Å². The van der Waals surface area contributed by atoms with Crippen molar-refractivity contribution in [1.82, 2.24) is 24.4 Å². The first-order chi connectivity index (χ1) is 23.3. The Bertz CT molecular complexity index is 2060. The number of aromatic nitrogens is 4. The molecule has 254 valence electrons. The number of amides is 1. The minimum Gasteiger partial charge on any atom is -0.384 e. The van der Waals surface area contributed by atoms with Gasteiger partial charge in [-0.25, -0.2) is 15.0 Å². The maximum absolute atomic E-state index is 13.0. The van der Waals surface area contributed by atoms with E-state index in [1.54, 1.807) is 19.1 Å². The fourth-order valence-corrected chi connectivity index (χ4v) is 7.32. The Hall–Kier alpha value is -4.84. The monoisotopic (exact) mass is 688 g/mol. The van der Waals surface area contributed by atoms with E-state index in [0.717, 1.165) is 71.9 Å². The summed E-state index contributed by atoms with van der Waals surface area (Å²) >= 11 is 1.04. The highest BCUT2D eigenvalue weighted by molar-refractivity contribution is 7.18. The fourth-order valence-electron chi connectivity index (χ4n) is 6.29. The summed E-state index contributed by atoms with van der Waals surface area (Å²) in [4.78, 5) is 27.5. The van der Waals surface area contributed by atoms with E-state index in [-0.39, 0.29) is 23.4 Å². The Morgan fingerprint density at radius 3 is 2.61 bits per heavy atom. The zero-order valence-electron chi connectivity index (χ0n) is 27.0. The lowest BCUT2D eigenvalue weighted by Crippen LogP contribution is -2.39. The molecule has 3 N–H and O–H groups in total. The smallest absolute Gasteiger partial charge is 0.384 e. The van der Waals surface area contributed by atoms with Gasteiger partial charge in [-0.1, -0.05) is 18.7 Å². The van der Waals surface area contributed by atoms with E-state index in [1.807, 2.05) is 23.6 Å². The van der Waals surface area contributed by atoms with Crippen LogP contribution >= 0.6 is 11.3 Å². The van der Waals surface area contributed by atoms with Gasteiger partial charge >= 0.3 is 6.18 Å². The average molecular weight is 689 g/mol. The number of thiophene rings is 1. The number of carbonyl (C=O) groups is 1. The Morgan fingerprint density at radius 1 is 1.16 bits per heavy atom. The van der Waals surface area contributed by atoms with Gasteiger partial charge in [-0.05, 0) is 68.2 Å². The standard InChI is InChI=1S/C35H35F3N8O2S/c1-4-31(47)44-30-8-6-23(17-40-30)34(3,48)19-46-25(16-39)13-27-21(2)22(5-7-29(27)46)18-45-11-9-24(10-12-45)43-32-28-14-26(15-35(36,37)38)49-33(28)42-20-41-32/h4-8,13-14,17,20,24,48H,1,9-12,15,18-19H2,2-3H3,(H,40,44,47)(H,41,42,43). The summed E-state index contributed by atoms with van der Waals surface area (Å²) in [5.74, 6) is 0.520. The Labute approximate surface area is 284 Å². The lowest BCUT2D eigenvalue weighted by Gasteiger charge is -2.33. The Morgan fingerprint density at radius 2 is 1.94 bits per heavy atom. The number of carbonyl (C=O) groups excluding carboxylic acids is 1. The van der Waals surface area contributed by atoms with Crippen LogP contribution in [0.15, 0.2) is 61.6 Å². The third kappa shape index (κ3) is 7.59. The van der Waals surface area contributed by atoms with E-state index >= 15 is 0 Å². The first-order valence-electron chi connectivity index (χ1n) is 15.8. The number of piperidine rings is 1. The van der Waals surface area contributed by atoms with Gasteiger partial charge in [-0.2, -0.15) is 18.4 Å². The summed E-state index contributed by atoms with van der Waals surface area (Å²) in [5.41, 5.74) is 2.65. The lowest BCUT2D eigenvalue weighted by atomic mass is 9.97. The molecule has 0 radical (unpaired) electrons. The largest absolute Gasteiger partial charge is 0.393 e. The van der Waals surface area contributed by atoms with Gasteiger partial charge in [0.05, 0.1) is 18.4 Å². The van der Waals surface area contributed by atoms with Gasteiger partial charge in [0.25, 0.3) is 0 Å². The van der Waals surface area contributed by atoms with Gasteiger partial charge in [-0.15, -0.1) is 11.3 Å². The number of alkyl halides is 3. The number of nitriles is 1. The van der Waals surface area contributed by atoms with E-state index in [9.17, 15) is 28.3 Å². The molecule has 5 aromatic rings. The number of aryl methyl sites for hydroxylation is 1. The van der Waals surface area contributed by atoms with Crippen molar-refractivity contribution in [1.29, 1.82) is 5.26 Å². The van der Waals surface area contributed by atoms with Crippen molar-refractivity contribution in [3.8, 4) is 6.07 Å². The molecule has 0 aliphatic carbocycles. The average Bonchev–Trinajstić information content (AvgIpc) is 3.63. The van der Waals surface area contributed by atoms with E-state index in [0.29, 0.717) is 33.1 Å². The lowest BCUT2D eigenvalue weighted by molar-refractivity contribution is -0.126. The predicted molar refractivity (Wildman–Crippen MR) is 183 cm³/mol. The summed E-state index contributed by atoms with van der Waals surface area (Å²) < 4.78 is 40.7. The summed E-state index contributed by atoms with van der Waals surface area (Å²) in [6.45, 7) is 9.63. The second-order valence-electron chi connectivity index (χ2n) is 12.5. The summed E-state index contributed by atoms with van der Waals surface area (Å²) in [7, 11) is 0. The van der Waals surface area contributed by atoms with E-state index in [2.05, 4.69) is 49.2 Å². The van der Waals surface area contributed by atoms with Crippen molar-refractivity contribution in [2.45, 2.75) is 64.0 Å². The molecule has 5 heterocycles. The Kier molecular flexibility index (Phi) is 9.43. The molecule has 0 spiro atoms. The van der Waals surface area contributed by atoms with Crippen LogP contribution in [0.1, 0.15) is 47.0 Å². The summed E-state index contributed by atoms with van der Waals surface area (Å²) in [6, 6.07) is 13.2. The quantitative estimate of drug-likeness (QED) is 0.143. The van der Waals surface area contributed by atoms with Crippen LogP contribution in [0.3, 0.4) is 0 Å². The molecular formula is C35H35F3N8O2S. The highest BCUT2D eigenvalue weighted by Crippen LogP contribution is 2.34. The molecule has 0 bridgehead atoms. The highest BCUT2D eigenvalue weighted by Gasteiger charge is 2.30. The number of hydrogen-bond acceptors (Lipinski definition) is 9. The van der Waals surface area contributed by atoms with E-state index in [1.165, 1.54) is 18.6 Å². The molecule has 1 aliphatic rings. The van der Waals surface area contributed by atoms with Crippen molar-refractivity contribution in [3.05, 3.63) is 88.8 Å². The normalized spacial score (nSPS) is 15.6. The topological polar surface area (TPSA) is 132 Å². The fraction of sp³-hybridized carbons (Fsp3) is 0.343.